The van der Waals surface area contributed by atoms with Crippen molar-refractivity contribution in [2.45, 2.75) is 45.7 Å². The number of nitrogens with one attached hydrogen (secondary N) is 2. The van der Waals surface area contributed by atoms with E-state index in [0.29, 0.717) is 17.8 Å². The Balaban J connectivity index is 1.97. The quantitative estimate of drug-likeness (QED) is 0.845. The first kappa shape index (κ1) is 14.1. The fraction of sp³-hybridized carbons (Fsp3) is 0.714. The third-order valence-electron chi connectivity index (χ3n) is 3.40. The lowest BCUT2D eigenvalue weighted by molar-refractivity contribution is 0.413. The van der Waals surface area contributed by atoms with E-state index in [-0.39, 0.29) is 5.56 Å². The minimum atomic E-state index is -0.0213. The van der Waals surface area contributed by atoms with Gasteiger partial charge in [-0.05, 0) is 25.3 Å². The van der Waals surface area contributed by atoms with Crippen LogP contribution in [0, 0.1) is 5.92 Å². The van der Waals surface area contributed by atoms with Gasteiger partial charge < -0.3 is 15.2 Å². The maximum absolute atomic E-state index is 12.2. The molecule has 2 heterocycles. The molecule has 1 atom stereocenters. The molecule has 106 valence electrons. The molecule has 1 aromatic heterocycles. The summed E-state index contributed by atoms with van der Waals surface area (Å²) >= 11 is 0. The Bertz CT molecular complexity index is 449. The molecule has 0 bridgehead atoms. The Morgan fingerprint density at radius 3 is 3.05 bits per heavy atom. The van der Waals surface area contributed by atoms with Crippen LogP contribution in [0.1, 0.15) is 33.1 Å². The Kier molecular flexibility index (Phi) is 4.96. The Morgan fingerprint density at radius 1 is 1.53 bits per heavy atom. The van der Waals surface area contributed by atoms with Gasteiger partial charge in [0, 0.05) is 31.5 Å². The van der Waals surface area contributed by atoms with Crippen molar-refractivity contribution in [2.75, 3.05) is 18.4 Å². The van der Waals surface area contributed by atoms with Crippen molar-refractivity contribution >= 4 is 5.82 Å². The van der Waals surface area contributed by atoms with Gasteiger partial charge in [-0.1, -0.05) is 20.3 Å². The molecule has 0 aromatic carbocycles. The van der Waals surface area contributed by atoms with Gasteiger partial charge in [-0.2, -0.15) is 0 Å². The van der Waals surface area contributed by atoms with Crippen LogP contribution < -0.4 is 16.2 Å². The van der Waals surface area contributed by atoms with Crippen molar-refractivity contribution in [3.63, 3.8) is 0 Å². The largest absolute Gasteiger partial charge is 0.364 e. The van der Waals surface area contributed by atoms with Crippen LogP contribution in [0.25, 0.3) is 0 Å². The molecule has 1 unspecified atom stereocenters. The lowest BCUT2D eigenvalue weighted by Crippen LogP contribution is -2.40. The van der Waals surface area contributed by atoms with E-state index in [9.17, 15) is 4.79 Å². The number of hydrogen-bond donors (Lipinski definition) is 2. The van der Waals surface area contributed by atoms with Gasteiger partial charge in [-0.3, -0.25) is 4.79 Å². The summed E-state index contributed by atoms with van der Waals surface area (Å²) in [6, 6.07) is 0.453. The molecule has 1 aliphatic rings. The molecule has 1 aliphatic heterocycles. The molecule has 1 saturated heterocycles. The molecule has 0 saturated carbocycles. The van der Waals surface area contributed by atoms with Crippen molar-refractivity contribution in [3.05, 3.63) is 22.7 Å². The van der Waals surface area contributed by atoms with Crippen molar-refractivity contribution in [1.82, 2.24) is 14.9 Å². The molecule has 5 heteroatoms. The Morgan fingerprint density at radius 2 is 2.37 bits per heavy atom. The first-order chi connectivity index (χ1) is 9.16. The summed E-state index contributed by atoms with van der Waals surface area (Å²) < 4.78 is 1.73. The number of anilines is 1. The summed E-state index contributed by atoms with van der Waals surface area (Å²) in [5.74, 6) is 0.920. The second kappa shape index (κ2) is 6.70. The van der Waals surface area contributed by atoms with E-state index in [4.69, 9.17) is 0 Å². The van der Waals surface area contributed by atoms with Gasteiger partial charge in [-0.25, -0.2) is 4.98 Å². The second-order valence-electron chi connectivity index (χ2n) is 5.65. The van der Waals surface area contributed by atoms with E-state index in [1.54, 1.807) is 17.0 Å². The highest BCUT2D eigenvalue weighted by atomic mass is 16.1. The summed E-state index contributed by atoms with van der Waals surface area (Å²) in [6.45, 7) is 6.79. The van der Waals surface area contributed by atoms with E-state index in [1.807, 2.05) is 0 Å². The number of nitrogens with zero attached hydrogens (tertiary/aromatic N) is 2. The van der Waals surface area contributed by atoms with Crippen LogP contribution in [0.5, 0.6) is 0 Å². The number of piperidine rings is 1. The van der Waals surface area contributed by atoms with Gasteiger partial charge >= 0.3 is 0 Å². The van der Waals surface area contributed by atoms with E-state index in [1.165, 1.54) is 19.3 Å². The lowest BCUT2D eigenvalue weighted by atomic mass is 10.1. The highest BCUT2D eigenvalue weighted by molar-refractivity contribution is 5.31. The second-order valence-corrected chi connectivity index (χ2v) is 5.65. The van der Waals surface area contributed by atoms with Crippen LogP contribution in [0.4, 0.5) is 5.82 Å². The van der Waals surface area contributed by atoms with Crippen LogP contribution in [-0.4, -0.2) is 28.7 Å². The molecule has 5 nitrogen and oxygen atoms in total. The van der Waals surface area contributed by atoms with Gasteiger partial charge in [0.15, 0.2) is 5.82 Å². The van der Waals surface area contributed by atoms with Crippen LogP contribution in [0.2, 0.25) is 0 Å². The van der Waals surface area contributed by atoms with E-state index in [2.05, 4.69) is 29.5 Å². The fourth-order valence-electron chi connectivity index (χ4n) is 2.42. The average Bonchev–Trinajstić information content (AvgIpc) is 2.40. The summed E-state index contributed by atoms with van der Waals surface area (Å²) in [7, 11) is 0. The molecule has 2 rings (SSSR count). The normalized spacial score (nSPS) is 19.6. The van der Waals surface area contributed by atoms with E-state index in [0.717, 1.165) is 19.6 Å². The predicted molar refractivity (Wildman–Crippen MR) is 77.5 cm³/mol. The average molecular weight is 264 g/mol. The van der Waals surface area contributed by atoms with E-state index < -0.39 is 0 Å². The third kappa shape index (κ3) is 4.06. The van der Waals surface area contributed by atoms with Crippen LogP contribution in [-0.2, 0) is 6.54 Å². The zero-order valence-corrected chi connectivity index (χ0v) is 11.9. The third-order valence-corrected chi connectivity index (χ3v) is 3.40. The van der Waals surface area contributed by atoms with Crippen molar-refractivity contribution in [3.8, 4) is 0 Å². The Labute approximate surface area is 114 Å². The van der Waals surface area contributed by atoms with Crippen molar-refractivity contribution in [1.29, 1.82) is 0 Å². The van der Waals surface area contributed by atoms with Gasteiger partial charge in [0.25, 0.3) is 5.56 Å². The predicted octanol–water partition coefficient (Wildman–Crippen LogP) is 1.45. The topological polar surface area (TPSA) is 59.0 Å². The molecule has 0 amide bonds. The standard InChI is InChI=1S/C14H24N4O/c1-11(2)10-18-8-7-16-13(14(18)19)17-9-12-5-3-4-6-15-12/h7-8,11-12,15H,3-6,9-10H2,1-2H3,(H,16,17). The fourth-order valence-corrected chi connectivity index (χ4v) is 2.42. The molecule has 0 spiro atoms. The first-order valence-corrected chi connectivity index (χ1v) is 7.19. The zero-order valence-electron chi connectivity index (χ0n) is 11.9. The van der Waals surface area contributed by atoms with Crippen molar-refractivity contribution in [2.24, 2.45) is 5.92 Å². The molecular weight excluding hydrogens is 240 g/mol. The molecule has 19 heavy (non-hydrogen) atoms. The minimum absolute atomic E-state index is 0.0213. The zero-order chi connectivity index (χ0) is 13.7. The van der Waals surface area contributed by atoms with Crippen molar-refractivity contribution < 1.29 is 0 Å². The van der Waals surface area contributed by atoms with E-state index >= 15 is 0 Å². The monoisotopic (exact) mass is 264 g/mol. The summed E-state index contributed by atoms with van der Waals surface area (Å²) in [6.07, 6.45) is 7.13. The summed E-state index contributed by atoms with van der Waals surface area (Å²) in [5.41, 5.74) is -0.0213. The maximum Gasteiger partial charge on any atom is 0.293 e. The van der Waals surface area contributed by atoms with Gasteiger partial charge in [0.05, 0.1) is 0 Å². The number of hydrogen-bond acceptors (Lipinski definition) is 4. The molecule has 0 radical (unpaired) electrons. The summed E-state index contributed by atoms with van der Waals surface area (Å²) in [5, 5.41) is 6.65. The number of rotatable bonds is 5. The maximum atomic E-state index is 12.2. The molecule has 2 N–H and O–H groups in total. The highest BCUT2D eigenvalue weighted by Gasteiger charge is 2.13. The number of aromatic nitrogens is 2. The highest BCUT2D eigenvalue weighted by Crippen LogP contribution is 2.07. The molecule has 1 aromatic rings. The summed E-state index contributed by atoms with van der Waals surface area (Å²) in [4.78, 5) is 16.4. The van der Waals surface area contributed by atoms with Gasteiger partial charge in [0.2, 0.25) is 0 Å². The van der Waals surface area contributed by atoms with Gasteiger partial charge in [-0.15, -0.1) is 0 Å². The molecular formula is C14H24N4O. The Hall–Kier alpha value is -1.36. The minimum Gasteiger partial charge on any atom is -0.364 e. The smallest absolute Gasteiger partial charge is 0.293 e. The molecule has 0 aliphatic carbocycles. The van der Waals surface area contributed by atoms with Crippen LogP contribution in [0.3, 0.4) is 0 Å². The SMILES string of the molecule is CC(C)Cn1ccnc(NCC2CCCCN2)c1=O. The molecule has 1 fully saturated rings. The van der Waals surface area contributed by atoms with Crippen LogP contribution in [0.15, 0.2) is 17.2 Å². The first-order valence-electron chi connectivity index (χ1n) is 7.19. The van der Waals surface area contributed by atoms with Gasteiger partial charge in [0.1, 0.15) is 0 Å². The van der Waals surface area contributed by atoms with Crippen LogP contribution >= 0.6 is 0 Å². The lowest BCUT2D eigenvalue weighted by Gasteiger charge is -2.23.